The molecule has 0 heterocycles. The van der Waals surface area contributed by atoms with Gasteiger partial charge in [0.15, 0.2) is 0 Å². The summed E-state index contributed by atoms with van der Waals surface area (Å²) in [5.74, 6) is 0.524. The van der Waals surface area contributed by atoms with Crippen LogP contribution in [0, 0.1) is 3.57 Å². The molecule has 2 rings (SSSR count). The zero-order valence-electron chi connectivity index (χ0n) is 10.8. The summed E-state index contributed by atoms with van der Waals surface area (Å²) in [4.78, 5) is 12.4. The highest BCUT2D eigenvalue weighted by atomic mass is 127. The van der Waals surface area contributed by atoms with Gasteiger partial charge in [-0.15, -0.1) is 0 Å². The second-order valence-corrected chi connectivity index (χ2v) is 6.09. The highest BCUT2D eigenvalue weighted by molar-refractivity contribution is 14.1. The van der Waals surface area contributed by atoms with E-state index in [0.29, 0.717) is 23.6 Å². The zero-order valence-corrected chi connectivity index (χ0v) is 14.6. The van der Waals surface area contributed by atoms with Crippen molar-refractivity contribution in [1.29, 1.82) is 0 Å². The number of halogens is 2. The Kier molecular flexibility index (Phi) is 5.42. The molecule has 2 aromatic rings. The molecule has 0 fully saturated rings. The van der Waals surface area contributed by atoms with Crippen molar-refractivity contribution in [3.05, 3.63) is 56.1 Å². The van der Waals surface area contributed by atoms with Gasteiger partial charge in [-0.2, -0.15) is 0 Å². The lowest BCUT2D eigenvalue weighted by atomic mass is 10.2. The number of hydrogen-bond donors (Lipinski definition) is 1. The number of carbonyl (C=O) groups excluding carboxylic acids is 1. The number of carbonyl (C=O) groups is 1. The minimum atomic E-state index is -0.150. The van der Waals surface area contributed by atoms with Crippen LogP contribution in [0.25, 0.3) is 0 Å². The Balaban J connectivity index is 2.26. The summed E-state index contributed by atoms with van der Waals surface area (Å²) >= 11 is 5.53. The fraction of sp³-hybridized carbons (Fsp3) is 0.133. The lowest BCUT2D eigenvalue weighted by molar-refractivity contribution is 0.102. The van der Waals surface area contributed by atoms with Crippen LogP contribution in [-0.4, -0.2) is 12.5 Å². The third kappa shape index (κ3) is 3.73. The van der Waals surface area contributed by atoms with Crippen LogP contribution in [0.5, 0.6) is 5.75 Å². The van der Waals surface area contributed by atoms with Crippen LogP contribution in [-0.2, 0) is 0 Å². The standard InChI is InChI=1S/C15H13BrINO2/c1-2-20-14-6-4-3-5-13(14)18-15(19)11-9-10(16)7-8-12(11)17/h3-9H,2H2,1H3,(H,18,19). The summed E-state index contributed by atoms with van der Waals surface area (Å²) in [7, 11) is 0. The van der Waals surface area contributed by atoms with E-state index in [4.69, 9.17) is 4.74 Å². The first kappa shape index (κ1) is 15.3. The number of rotatable bonds is 4. The number of benzene rings is 2. The smallest absolute Gasteiger partial charge is 0.256 e. The van der Waals surface area contributed by atoms with Crippen molar-refractivity contribution in [2.75, 3.05) is 11.9 Å². The molecule has 1 amide bonds. The van der Waals surface area contributed by atoms with Crippen molar-refractivity contribution in [3.63, 3.8) is 0 Å². The Morgan fingerprint density at radius 3 is 2.80 bits per heavy atom. The van der Waals surface area contributed by atoms with Gasteiger partial charge in [-0.1, -0.05) is 28.1 Å². The first-order chi connectivity index (χ1) is 9.61. The van der Waals surface area contributed by atoms with E-state index in [2.05, 4.69) is 43.8 Å². The maximum atomic E-state index is 12.4. The van der Waals surface area contributed by atoms with Crippen molar-refractivity contribution in [2.45, 2.75) is 6.92 Å². The van der Waals surface area contributed by atoms with Gasteiger partial charge in [-0.05, 0) is 59.8 Å². The lowest BCUT2D eigenvalue weighted by Gasteiger charge is -2.12. The van der Waals surface area contributed by atoms with Crippen LogP contribution in [0.3, 0.4) is 0 Å². The van der Waals surface area contributed by atoms with E-state index in [1.54, 1.807) is 6.07 Å². The second-order valence-electron chi connectivity index (χ2n) is 4.01. The summed E-state index contributed by atoms with van der Waals surface area (Å²) < 4.78 is 7.28. The highest BCUT2D eigenvalue weighted by Crippen LogP contribution is 2.25. The van der Waals surface area contributed by atoms with Gasteiger partial charge >= 0.3 is 0 Å². The number of anilines is 1. The van der Waals surface area contributed by atoms with Gasteiger partial charge in [-0.25, -0.2) is 0 Å². The quantitative estimate of drug-likeness (QED) is 0.692. The molecular weight excluding hydrogens is 433 g/mol. The van der Waals surface area contributed by atoms with Gasteiger partial charge in [0.25, 0.3) is 5.91 Å². The highest BCUT2D eigenvalue weighted by Gasteiger charge is 2.13. The predicted molar refractivity (Wildman–Crippen MR) is 92.4 cm³/mol. The Labute approximate surface area is 140 Å². The summed E-state index contributed by atoms with van der Waals surface area (Å²) in [6, 6.07) is 13.0. The molecule has 0 spiro atoms. The Morgan fingerprint density at radius 1 is 1.30 bits per heavy atom. The van der Waals surface area contributed by atoms with E-state index < -0.39 is 0 Å². The number of ether oxygens (including phenoxy) is 1. The van der Waals surface area contributed by atoms with Crippen molar-refractivity contribution in [2.24, 2.45) is 0 Å². The normalized spacial score (nSPS) is 10.2. The molecule has 0 bridgehead atoms. The van der Waals surface area contributed by atoms with Crippen LogP contribution in [0.2, 0.25) is 0 Å². The average molecular weight is 446 g/mol. The van der Waals surface area contributed by atoms with E-state index in [-0.39, 0.29) is 5.91 Å². The maximum absolute atomic E-state index is 12.4. The molecule has 0 saturated heterocycles. The number of para-hydroxylation sites is 2. The first-order valence-electron chi connectivity index (χ1n) is 6.10. The SMILES string of the molecule is CCOc1ccccc1NC(=O)c1cc(Br)ccc1I. The van der Waals surface area contributed by atoms with E-state index in [1.165, 1.54) is 0 Å². The topological polar surface area (TPSA) is 38.3 Å². The first-order valence-corrected chi connectivity index (χ1v) is 7.97. The zero-order chi connectivity index (χ0) is 14.5. The summed E-state index contributed by atoms with van der Waals surface area (Å²) in [6.07, 6.45) is 0. The maximum Gasteiger partial charge on any atom is 0.256 e. The molecule has 0 radical (unpaired) electrons. The van der Waals surface area contributed by atoms with Crippen molar-refractivity contribution >= 4 is 50.1 Å². The molecule has 5 heteroatoms. The minimum absolute atomic E-state index is 0.150. The van der Waals surface area contributed by atoms with Gasteiger partial charge in [-0.3, -0.25) is 4.79 Å². The molecule has 0 atom stereocenters. The van der Waals surface area contributed by atoms with E-state index in [9.17, 15) is 4.79 Å². The fourth-order valence-electron chi connectivity index (χ4n) is 1.71. The molecule has 0 saturated carbocycles. The van der Waals surface area contributed by atoms with Gasteiger partial charge in [0.05, 0.1) is 17.9 Å². The number of hydrogen-bond acceptors (Lipinski definition) is 2. The van der Waals surface area contributed by atoms with E-state index in [1.807, 2.05) is 43.3 Å². The van der Waals surface area contributed by atoms with Crippen LogP contribution < -0.4 is 10.1 Å². The largest absolute Gasteiger partial charge is 0.492 e. The van der Waals surface area contributed by atoms with Crippen LogP contribution >= 0.6 is 38.5 Å². The summed E-state index contributed by atoms with van der Waals surface area (Å²) in [6.45, 7) is 2.47. The molecule has 0 aliphatic carbocycles. The van der Waals surface area contributed by atoms with Crippen molar-refractivity contribution in [1.82, 2.24) is 0 Å². The van der Waals surface area contributed by atoms with E-state index in [0.717, 1.165) is 8.04 Å². The molecule has 0 aromatic heterocycles. The third-order valence-corrected chi connectivity index (χ3v) is 4.04. The molecule has 104 valence electrons. The Hall–Kier alpha value is -1.08. The Bertz CT molecular complexity index is 631. The molecular formula is C15H13BrINO2. The van der Waals surface area contributed by atoms with Gasteiger partial charge < -0.3 is 10.1 Å². The molecule has 3 nitrogen and oxygen atoms in total. The van der Waals surface area contributed by atoms with Crippen molar-refractivity contribution < 1.29 is 9.53 Å². The third-order valence-electron chi connectivity index (χ3n) is 2.61. The lowest BCUT2D eigenvalue weighted by Crippen LogP contribution is -2.14. The molecule has 0 aliphatic heterocycles. The van der Waals surface area contributed by atoms with Gasteiger partial charge in [0.1, 0.15) is 5.75 Å². The van der Waals surface area contributed by atoms with Crippen LogP contribution in [0.4, 0.5) is 5.69 Å². The molecule has 2 aromatic carbocycles. The van der Waals surface area contributed by atoms with E-state index >= 15 is 0 Å². The average Bonchev–Trinajstić information content (AvgIpc) is 2.44. The van der Waals surface area contributed by atoms with Crippen LogP contribution in [0.1, 0.15) is 17.3 Å². The fourth-order valence-corrected chi connectivity index (χ4v) is 2.65. The second kappa shape index (κ2) is 7.08. The molecule has 20 heavy (non-hydrogen) atoms. The predicted octanol–water partition coefficient (Wildman–Crippen LogP) is 4.70. The monoisotopic (exact) mass is 445 g/mol. The summed E-state index contributed by atoms with van der Waals surface area (Å²) in [5, 5.41) is 2.89. The molecule has 0 aliphatic rings. The number of nitrogens with one attached hydrogen (secondary N) is 1. The van der Waals surface area contributed by atoms with Gasteiger partial charge in [0, 0.05) is 8.04 Å². The Morgan fingerprint density at radius 2 is 2.05 bits per heavy atom. The number of amides is 1. The van der Waals surface area contributed by atoms with Gasteiger partial charge in [0.2, 0.25) is 0 Å². The molecule has 1 N–H and O–H groups in total. The van der Waals surface area contributed by atoms with Crippen LogP contribution in [0.15, 0.2) is 46.9 Å². The summed E-state index contributed by atoms with van der Waals surface area (Å²) in [5.41, 5.74) is 1.31. The molecule has 0 unspecified atom stereocenters. The van der Waals surface area contributed by atoms with Crippen molar-refractivity contribution in [3.8, 4) is 5.75 Å². The minimum Gasteiger partial charge on any atom is -0.492 e.